The zero-order chi connectivity index (χ0) is 63.1. The highest BCUT2D eigenvalue weighted by Gasteiger charge is 2.15. The Morgan fingerprint density at radius 1 is 0.183 bits per heavy atom. The fourth-order valence-corrected chi connectivity index (χ4v) is 10.3. The lowest BCUT2D eigenvalue weighted by molar-refractivity contribution is 0.102. The van der Waals surface area contributed by atoms with Gasteiger partial charge in [0.05, 0.1) is 190 Å². The Morgan fingerprint density at radius 2 is 0.355 bits per heavy atom. The van der Waals surface area contributed by atoms with E-state index in [0.29, 0.717) is 77.8 Å². The van der Waals surface area contributed by atoms with Crippen LogP contribution in [0.5, 0.6) is 0 Å². The summed E-state index contributed by atoms with van der Waals surface area (Å²) in [6.07, 6.45) is 0. The molecule has 18 heteroatoms. The molecule has 18 nitrogen and oxygen atoms in total. The van der Waals surface area contributed by atoms with Crippen LogP contribution in [0.15, 0.2) is 224 Å². The lowest BCUT2D eigenvalue weighted by atomic mass is 10.1. The van der Waals surface area contributed by atoms with E-state index >= 15 is 0 Å². The predicted octanol–water partition coefficient (Wildman–Crippen LogP) is 14.3. The number of ether oxygens (including phenoxy) is 4. The van der Waals surface area contributed by atoms with Gasteiger partial charge in [0, 0.05) is 11.4 Å². The molecule has 0 atom stereocenters. The van der Waals surface area contributed by atoms with Gasteiger partial charge in [-0.25, -0.2) is 59.8 Å². The number of pyridine rings is 12. The molecular weight excluding hydrogens is 1160 g/mol. The van der Waals surface area contributed by atoms with E-state index < -0.39 is 0 Å². The number of nitrogens with zero attached hydrogens (tertiary/aromatic N) is 14. The van der Waals surface area contributed by atoms with Crippen LogP contribution in [0.4, 0.5) is 0 Å². The molecule has 0 saturated heterocycles. The van der Waals surface area contributed by atoms with Crippen molar-refractivity contribution in [3.8, 4) is 91.1 Å². The maximum Gasteiger partial charge on any atom is 0.126 e. The van der Waals surface area contributed by atoms with E-state index in [1.54, 1.807) is 0 Å². The van der Waals surface area contributed by atoms with E-state index in [1.807, 2.05) is 245 Å². The molecule has 0 aliphatic heterocycles. The van der Waals surface area contributed by atoms with Gasteiger partial charge in [0.25, 0.3) is 0 Å². The number of aryl methyl sites for hydroxylation is 3. The molecule has 93 heavy (non-hydrogen) atoms. The van der Waals surface area contributed by atoms with Crippen molar-refractivity contribution in [3.05, 3.63) is 287 Å². The minimum absolute atomic E-state index is 0.267. The summed E-state index contributed by atoms with van der Waals surface area (Å²) >= 11 is 0. The quantitative estimate of drug-likeness (QED) is 0.0549. The number of aromatic nitrogens is 14. The third-order valence-corrected chi connectivity index (χ3v) is 14.7. The zero-order valence-electron chi connectivity index (χ0n) is 51.4. The summed E-state index contributed by atoms with van der Waals surface area (Å²) in [5.74, 6) is 0.577. The summed E-state index contributed by atoms with van der Waals surface area (Å²) in [5, 5.41) is 0. The summed E-state index contributed by atoms with van der Waals surface area (Å²) in [7, 11) is 0. The molecule has 13 rings (SSSR count). The fraction of sp³-hybridized carbons (Fsp3) is 0.147. The highest BCUT2D eigenvalue weighted by atomic mass is 16.5. The van der Waals surface area contributed by atoms with E-state index in [2.05, 4.69) is 9.97 Å². The van der Waals surface area contributed by atoms with Crippen molar-refractivity contribution in [2.45, 2.75) is 73.6 Å². The fourth-order valence-electron chi connectivity index (χ4n) is 10.3. The minimum atomic E-state index is 0.267. The molecule has 0 unspecified atom stereocenters. The molecule has 13 aromatic heterocycles. The van der Waals surface area contributed by atoms with Crippen molar-refractivity contribution >= 4 is 0 Å². The molecule has 0 aliphatic rings. The summed E-state index contributed by atoms with van der Waals surface area (Å²) in [6, 6.07) is 72.2. The van der Waals surface area contributed by atoms with Crippen molar-refractivity contribution in [3.63, 3.8) is 0 Å². The van der Waals surface area contributed by atoms with Gasteiger partial charge in [-0.15, -0.1) is 0 Å². The second-order valence-corrected chi connectivity index (χ2v) is 21.9. The lowest BCUT2D eigenvalue weighted by Gasteiger charge is -2.10. The van der Waals surface area contributed by atoms with E-state index in [4.69, 9.17) is 78.8 Å². The van der Waals surface area contributed by atoms with Crippen LogP contribution >= 0.6 is 0 Å². The van der Waals surface area contributed by atoms with Crippen LogP contribution < -0.4 is 0 Å². The SMILES string of the molecule is Cc1cccc(-c2cccc(COCc3cccc(-c4cccc(COCc5cccc(-c6cccc(-c7cc(-c8cccc(-c9cccc(COCc%10cccc(-c%11cccc(COCc%12cccc(-c%13cccc(C)n%13)n%12)n%11)n%10)n9)n8)nc(C)n7)n6)n5)n4)n3)n2)n1. The maximum atomic E-state index is 6.19. The number of hydrogen-bond donors (Lipinski definition) is 0. The first-order valence-electron chi connectivity index (χ1n) is 30.4. The average molecular weight is 1220 g/mol. The van der Waals surface area contributed by atoms with E-state index in [0.717, 1.165) is 102 Å². The molecule has 0 amide bonds. The second kappa shape index (κ2) is 29.1. The third kappa shape index (κ3) is 16.0. The van der Waals surface area contributed by atoms with Gasteiger partial charge < -0.3 is 18.9 Å². The van der Waals surface area contributed by atoms with Crippen LogP contribution in [-0.4, -0.2) is 69.8 Å². The van der Waals surface area contributed by atoms with Crippen LogP contribution in [0.3, 0.4) is 0 Å². The zero-order valence-corrected chi connectivity index (χ0v) is 51.4. The second-order valence-electron chi connectivity index (χ2n) is 21.9. The van der Waals surface area contributed by atoms with Gasteiger partial charge in [0.1, 0.15) is 5.82 Å². The summed E-state index contributed by atoms with van der Waals surface area (Å²) in [5.41, 5.74) is 19.8. The van der Waals surface area contributed by atoms with Crippen molar-refractivity contribution < 1.29 is 18.9 Å². The summed E-state index contributed by atoms with van der Waals surface area (Å²) in [4.78, 5) is 67.8. The molecule has 0 N–H and O–H groups in total. The topological polar surface area (TPSA) is 217 Å². The highest BCUT2D eigenvalue weighted by Crippen LogP contribution is 2.28. The van der Waals surface area contributed by atoms with Gasteiger partial charge in [-0.05, 0) is 172 Å². The van der Waals surface area contributed by atoms with E-state index in [-0.39, 0.29) is 26.4 Å². The Kier molecular flexibility index (Phi) is 19.0. The molecule has 0 aromatic carbocycles. The normalized spacial score (nSPS) is 11.3. The Morgan fingerprint density at radius 3 is 0.570 bits per heavy atom. The smallest absolute Gasteiger partial charge is 0.126 e. The van der Waals surface area contributed by atoms with Gasteiger partial charge in [-0.2, -0.15) is 0 Å². The summed E-state index contributed by atoms with van der Waals surface area (Å²) < 4.78 is 24.5. The van der Waals surface area contributed by atoms with Crippen LogP contribution in [0.25, 0.3) is 91.1 Å². The molecule has 456 valence electrons. The molecule has 0 bridgehead atoms. The third-order valence-electron chi connectivity index (χ3n) is 14.7. The first-order valence-corrected chi connectivity index (χ1v) is 30.4. The van der Waals surface area contributed by atoms with Gasteiger partial charge in [0.2, 0.25) is 0 Å². The molecule has 0 saturated carbocycles. The Bertz CT molecular complexity index is 4470. The van der Waals surface area contributed by atoms with Gasteiger partial charge in [-0.3, -0.25) is 9.97 Å². The monoisotopic (exact) mass is 1220 g/mol. The Labute approximate surface area is 538 Å². The van der Waals surface area contributed by atoms with Crippen molar-refractivity contribution in [1.29, 1.82) is 0 Å². The minimum Gasteiger partial charge on any atom is -0.369 e. The first kappa shape index (κ1) is 60.6. The molecule has 0 fully saturated rings. The Balaban J connectivity index is 0.597. The summed E-state index contributed by atoms with van der Waals surface area (Å²) in [6.45, 7) is 8.20. The van der Waals surface area contributed by atoms with Crippen LogP contribution in [-0.2, 0) is 71.8 Å². The van der Waals surface area contributed by atoms with Gasteiger partial charge in [0.15, 0.2) is 0 Å². The predicted molar refractivity (Wildman–Crippen MR) is 353 cm³/mol. The van der Waals surface area contributed by atoms with Gasteiger partial charge >= 0.3 is 0 Å². The van der Waals surface area contributed by atoms with Crippen molar-refractivity contribution in [2.24, 2.45) is 0 Å². The molecule has 13 heterocycles. The van der Waals surface area contributed by atoms with Crippen molar-refractivity contribution in [1.82, 2.24) is 69.8 Å². The van der Waals surface area contributed by atoms with Gasteiger partial charge in [-0.1, -0.05) is 72.8 Å². The molecular formula is C75H62N14O4. The number of hydrogen-bond acceptors (Lipinski definition) is 18. The van der Waals surface area contributed by atoms with Crippen LogP contribution in [0.1, 0.15) is 62.8 Å². The van der Waals surface area contributed by atoms with Crippen LogP contribution in [0.2, 0.25) is 0 Å². The molecule has 13 aromatic rings. The highest BCUT2D eigenvalue weighted by molar-refractivity contribution is 5.68. The molecule has 0 spiro atoms. The van der Waals surface area contributed by atoms with E-state index in [1.165, 1.54) is 0 Å². The molecule has 0 aliphatic carbocycles. The van der Waals surface area contributed by atoms with Crippen LogP contribution in [0, 0.1) is 20.8 Å². The maximum absolute atomic E-state index is 6.19. The average Bonchev–Trinajstić information content (AvgIpc) is 1.51. The largest absolute Gasteiger partial charge is 0.369 e. The van der Waals surface area contributed by atoms with E-state index in [9.17, 15) is 0 Å². The lowest BCUT2D eigenvalue weighted by Crippen LogP contribution is -2.02. The Hall–Kier alpha value is -11.3. The number of rotatable bonds is 24. The standard InChI is InChI=1S/C75H62N14O4/c1-49-16-4-26-60(76-49)62-28-6-18-52(80-62)41-90-43-54-20-8-30-64(82-54)66-32-10-22-56(84-66)45-92-47-58-24-12-34-68(86-58)70-36-14-38-72(88-70)74-40-75(79-51(3)78-74)73-39-15-37-71(89-73)69-35-13-25-59(87-69)48-93-46-57-23-11-33-67(85-57)65-31-9-21-55(83-65)44-91-42-53-19-7-29-63(81-53)61-27-5-17-50(2)77-61/h4-40H,41-48H2,1-3H3. The first-order chi connectivity index (χ1) is 45.7. The molecule has 0 radical (unpaired) electrons. The van der Waals surface area contributed by atoms with Crippen molar-refractivity contribution in [2.75, 3.05) is 0 Å².